The number of ether oxygens (including phenoxy) is 2. The molecule has 2 aromatic heterocycles. The number of carbonyl (C=O) groups is 1. The standard InChI is InChI=1S/C25H24ClN3O4/c1-16-24(17(2)29(28-16)14-18-5-4-6-19(26)13-18)27-25(30)23-12-11-22(33-23)15-32-21-9-7-20(31-3)8-10-21/h4-13H,14-15H2,1-3H3,(H,27,30). The number of benzene rings is 2. The van der Waals surface area contributed by atoms with E-state index in [1.54, 1.807) is 19.2 Å². The van der Waals surface area contributed by atoms with Crippen LogP contribution in [0.5, 0.6) is 11.5 Å². The van der Waals surface area contributed by atoms with E-state index in [0.29, 0.717) is 28.8 Å². The third-order valence-electron chi connectivity index (χ3n) is 5.17. The second-order valence-electron chi connectivity index (χ2n) is 7.52. The topological polar surface area (TPSA) is 78.5 Å². The van der Waals surface area contributed by atoms with Crippen LogP contribution in [0.4, 0.5) is 5.69 Å². The summed E-state index contributed by atoms with van der Waals surface area (Å²) in [6.07, 6.45) is 0. The summed E-state index contributed by atoms with van der Waals surface area (Å²) in [5.41, 5.74) is 3.25. The molecule has 0 unspecified atom stereocenters. The van der Waals surface area contributed by atoms with Gasteiger partial charge >= 0.3 is 0 Å². The molecule has 0 fully saturated rings. The van der Waals surface area contributed by atoms with E-state index in [1.807, 2.05) is 67.1 Å². The Labute approximate surface area is 196 Å². The van der Waals surface area contributed by atoms with E-state index in [4.69, 9.17) is 25.5 Å². The third-order valence-corrected chi connectivity index (χ3v) is 5.40. The van der Waals surface area contributed by atoms with Gasteiger partial charge in [-0.05, 0) is 67.9 Å². The Morgan fingerprint density at radius 1 is 1.09 bits per heavy atom. The smallest absolute Gasteiger partial charge is 0.291 e. The second-order valence-corrected chi connectivity index (χ2v) is 7.95. The number of furan rings is 1. The molecular weight excluding hydrogens is 442 g/mol. The number of carbonyl (C=O) groups excluding carboxylic acids is 1. The van der Waals surface area contributed by atoms with Gasteiger partial charge in [0, 0.05) is 5.02 Å². The first-order chi connectivity index (χ1) is 15.9. The predicted octanol–water partition coefficient (Wildman–Crippen LogP) is 5.63. The van der Waals surface area contributed by atoms with E-state index in [2.05, 4.69) is 10.4 Å². The number of halogens is 1. The number of hydrogen-bond acceptors (Lipinski definition) is 5. The molecule has 7 nitrogen and oxygen atoms in total. The van der Waals surface area contributed by atoms with Crippen LogP contribution < -0.4 is 14.8 Å². The molecule has 33 heavy (non-hydrogen) atoms. The monoisotopic (exact) mass is 465 g/mol. The molecule has 0 radical (unpaired) electrons. The van der Waals surface area contributed by atoms with Gasteiger partial charge in [-0.3, -0.25) is 9.48 Å². The first kappa shape index (κ1) is 22.5. The molecule has 0 atom stereocenters. The Balaban J connectivity index is 1.40. The molecule has 2 aromatic carbocycles. The molecule has 170 valence electrons. The van der Waals surface area contributed by atoms with Crippen molar-refractivity contribution < 1.29 is 18.7 Å². The van der Waals surface area contributed by atoms with Crippen LogP contribution >= 0.6 is 11.6 Å². The maximum absolute atomic E-state index is 12.8. The molecule has 0 saturated carbocycles. The largest absolute Gasteiger partial charge is 0.497 e. The minimum absolute atomic E-state index is 0.199. The van der Waals surface area contributed by atoms with Gasteiger partial charge in [0.15, 0.2) is 5.76 Å². The van der Waals surface area contributed by atoms with Crippen molar-refractivity contribution in [2.24, 2.45) is 0 Å². The van der Waals surface area contributed by atoms with Crippen molar-refractivity contribution in [1.29, 1.82) is 0 Å². The Morgan fingerprint density at radius 3 is 2.58 bits per heavy atom. The molecular formula is C25H24ClN3O4. The Hall–Kier alpha value is -3.71. The van der Waals surface area contributed by atoms with Crippen LogP contribution in [0.25, 0.3) is 0 Å². The van der Waals surface area contributed by atoms with Crippen LogP contribution in [0.2, 0.25) is 5.02 Å². The highest BCUT2D eigenvalue weighted by Gasteiger charge is 2.18. The lowest BCUT2D eigenvalue weighted by Gasteiger charge is -2.07. The van der Waals surface area contributed by atoms with E-state index in [9.17, 15) is 4.79 Å². The van der Waals surface area contributed by atoms with E-state index >= 15 is 0 Å². The molecule has 0 aliphatic carbocycles. The Morgan fingerprint density at radius 2 is 1.85 bits per heavy atom. The fraction of sp³-hybridized carbons (Fsp3) is 0.200. The van der Waals surface area contributed by atoms with Gasteiger partial charge in [-0.2, -0.15) is 5.10 Å². The fourth-order valence-electron chi connectivity index (χ4n) is 3.42. The molecule has 1 amide bonds. The number of methoxy groups -OCH3 is 1. The SMILES string of the molecule is COc1ccc(OCc2ccc(C(=O)Nc3c(C)nn(Cc4cccc(Cl)c4)c3C)o2)cc1. The van der Waals surface area contributed by atoms with Crippen molar-refractivity contribution in [1.82, 2.24) is 9.78 Å². The van der Waals surface area contributed by atoms with Crippen LogP contribution in [0.15, 0.2) is 65.1 Å². The number of aromatic nitrogens is 2. The van der Waals surface area contributed by atoms with Crippen molar-refractivity contribution >= 4 is 23.2 Å². The summed E-state index contributed by atoms with van der Waals surface area (Å²) in [6.45, 7) is 4.52. The summed E-state index contributed by atoms with van der Waals surface area (Å²) in [7, 11) is 1.61. The first-order valence-corrected chi connectivity index (χ1v) is 10.8. The number of rotatable bonds is 8. The molecule has 4 aromatic rings. The fourth-order valence-corrected chi connectivity index (χ4v) is 3.63. The highest BCUT2D eigenvalue weighted by atomic mass is 35.5. The minimum Gasteiger partial charge on any atom is -0.497 e. The Bertz CT molecular complexity index is 1260. The van der Waals surface area contributed by atoms with Crippen LogP contribution in [-0.2, 0) is 13.2 Å². The molecule has 0 aliphatic heterocycles. The lowest BCUT2D eigenvalue weighted by molar-refractivity contribution is 0.0992. The third kappa shape index (κ3) is 5.38. The number of anilines is 1. The van der Waals surface area contributed by atoms with Gasteiger partial charge in [0.2, 0.25) is 0 Å². The molecule has 4 rings (SSSR count). The van der Waals surface area contributed by atoms with E-state index < -0.39 is 0 Å². The molecule has 1 N–H and O–H groups in total. The quantitative estimate of drug-likeness (QED) is 0.364. The summed E-state index contributed by atoms with van der Waals surface area (Å²) in [5, 5.41) is 8.15. The number of nitrogens with one attached hydrogen (secondary N) is 1. The summed E-state index contributed by atoms with van der Waals surface area (Å²) in [5.74, 6) is 1.82. The lowest BCUT2D eigenvalue weighted by atomic mass is 10.2. The van der Waals surface area contributed by atoms with Crippen LogP contribution in [0.3, 0.4) is 0 Å². The van der Waals surface area contributed by atoms with Crippen LogP contribution in [-0.4, -0.2) is 22.8 Å². The van der Waals surface area contributed by atoms with Crippen molar-refractivity contribution in [3.05, 3.63) is 94.2 Å². The molecule has 8 heteroatoms. The zero-order chi connectivity index (χ0) is 23.4. The number of hydrogen-bond donors (Lipinski definition) is 1. The molecule has 0 spiro atoms. The zero-order valence-corrected chi connectivity index (χ0v) is 19.3. The van der Waals surface area contributed by atoms with Crippen molar-refractivity contribution in [3.8, 4) is 11.5 Å². The maximum Gasteiger partial charge on any atom is 0.291 e. The maximum atomic E-state index is 12.8. The highest BCUT2D eigenvalue weighted by Crippen LogP contribution is 2.23. The predicted molar refractivity (Wildman–Crippen MR) is 126 cm³/mol. The average molecular weight is 466 g/mol. The minimum atomic E-state index is -0.348. The van der Waals surface area contributed by atoms with Crippen molar-refractivity contribution in [3.63, 3.8) is 0 Å². The first-order valence-electron chi connectivity index (χ1n) is 10.4. The molecule has 0 saturated heterocycles. The van der Waals surface area contributed by atoms with Gasteiger partial charge in [0.1, 0.15) is 23.9 Å². The zero-order valence-electron chi connectivity index (χ0n) is 18.6. The summed E-state index contributed by atoms with van der Waals surface area (Å²) < 4.78 is 18.4. The molecule has 2 heterocycles. The van der Waals surface area contributed by atoms with Crippen molar-refractivity contribution in [2.45, 2.75) is 27.0 Å². The van der Waals surface area contributed by atoms with Crippen LogP contribution in [0.1, 0.15) is 33.3 Å². The Kier molecular flexibility index (Phi) is 6.70. The van der Waals surface area contributed by atoms with Gasteiger partial charge in [0.25, 0.3) is 5.91 Å². The average Bonchev–Trinajstić information content (AvgIpc) is 3.39. The number of nitrogens with zero attached hydrogens (tertiary/aromatic N) is 2. The number of aryl methyl sites for hydroxylation is 1. The summed E-state index contributed by atoms with van der Waals surface area (Å²) in [4.78, 5) is 12.8. The van der Waals surface area contributed by atoms with E-state index in [0.717, 1.165) is 22.7 Å². The highest BCUT2D eigenvalue weighted by molar-refractivity contribution is 6.30. The molecule has 0 aliphatic rings. The summed E-state index contributed by atoms with van der Waals surface area (Å²) >= 11 is 6.08. The van der Waals surface area contributed by atoms with Crippen LogP contribution in [0, 0.1) is 13.8 Å². The number of amides is 1. The summed E-state index contributed by atoms with van der Waals surface area (Å²) in [6, 6.07) is 18.2. The van der Waals surface area contributed by atoms with Gasteiger partial charge in [-0.25, -0.2) is 0 Å². The van der Waals surface area contributed by atoms with Gasteiger partial charge < -0.3 is 19.2 Å². The second kappa shape index (κ2) is 9.83. The lowest BCUT2D eigenvalue weighted by Crippen LogP contribution is -2.12. The van der Waals surface area contributed by atoms with Gasteiger partial charge in [-0.1, -0.05) is 23.7 Å². The van der Waals surface area contributed by atoms with Gasteiger partial charge in [-0.15, -0.1) is 0 Å². The molecule has 0 bridgehead atoms. The van der Waals surface area contributed by atoms with E-state index in [-0.39, 0.29) is 18.3 Å². The van der Waals surface area contributed by atoms with Gasteiger partial charge in [0.05, 0.1) is 30.7 Å². The van der Waals surface area contributed by atoms with E-state index in [1.165, 1.54) is 0 Å². The van der Waals surface area contributed by atoms with Crippen molar-refractivity contribution in [2.75, 3.05) is 12.4 Å². The normalized spacial score (nSPS) is 10.8.